The van der Waals surface area contributed by atoms with E-state index >= 15 is 0 Å². The molecule has 5 rings (SSSR count). The normalized spacial score (nSPS) is 23.9. The smallest absolute Gasteiger partial charge is 0.352 e. The number of halogens is 3. The summed E-state index contributed by atoms with van der Waals surface area (Å²) in [7, 11) is 0. The molecule has 1 aromatic heterocycles. The molecule has 3 fully saturated rings. The summed E-state index contributed by atoms with van der Waals surface area (Å²) in [6.07, 6.45) is -0.917. The van der Waals surface area contributed by atoms with Crippen molar-refractivity contribution in [3.05, 3.63) is 59.8 Å². The maximum absolute atomic E-state index is 13.1. The third kappa shape index (κ3) is 3.70. The molecule has 0 N–H and O–H groups in total. The highest BCUT2D eigenvalue weighted by Gasteiger charge is 2.37. The van der Waals surface area contributed by atoms with Gasteiger partial charge in [-0.3, -0.25) is 4.90 Å². The molecule has 138 valence electrons. The van der Waals surface area contributed by atoms with Crippen molar-refractivity contribution in [1.29, 1.82) is 0 Å². The van der Waals surface area contributed by atoms with Gasteiger partial charge in [0.25, 0.3) is 0 Å². The molecule has 6 heteroatoms. The van der Waals surface area contributed by atoms with Crippen molar-refractivity contribution >= 4 is 5.82 Å². The summed E-state index contributed by atoms with van der Waals surface area (Å²) in [6, 6.07) is 12.8. The zero-order chi connectivity index (χ0) is 18.1. The van der Waals surface area contributed by atoms with Crippen molar-refractivity contribution in [2.75, 3.05) is 24.5 Å². The van der Waals surface area contributed by atoms with Crippen LogP contribution in [0.3, 0.4) is 0 Å². The second kappa shape index (κ2) is 6.91. The minimum atomic E-state index is -4.33. The number of alkyl halides is 3. The minimum Gasteiger partial charge on any atom is -0.352 e. The van der Waals surface area contributed by atoms with Crippen LogP contribution in [-0.4, -0.2) is 35.6 Å². The van der Waals surface area contributed by atoms with Gasteiger partial charge in [0.05, 0.1) is 5.56 Å². The first-order valence-corrected chi connectivity index (χ1v) is 9.05. The van der Waals surface area contributed by atoms with Gasteiger partial charge < -0.3 is 4.90 Å². The van der Waals surface area contributed by atoms with Crippen LogP contribution in [0.2, 0.25) is 0 Å². The van der Waals surface area contributed by atoms with E-state index in [4.69, 9.17) is 0 Å². The van der Waals surface area contributed by atoms with E-state index in [2.05, 4.69) is 26.9 Å². The molecule has 2 atom stereocenters. The molecule has 0 spiro atoms. The van der Waals surface area contributed by atoms with Crippen molar-refractivity contribution in [2.45, 2.75) is 31.6 Å². The predicted octanol–water partition coefficient (Wildman–Crippen LogP) is 4.20. The van der Waals surface area contributed by atoms with Gasteiger partial charge in [0.15, 0.2) is 0 Å². The first kappa shape index (κ1) is 17.3. The summed E-state index contributed by atoms with van der Waals surface area (Å²) in [4.78, 5) is 8.78. The molecule has 4 heterocycles. The van der Waals surface area contributed by atoms with Crippen LogP contribution in [0.4, 0.5) is 19.0 Å². The quantitative estimate of drug-likeness (QED) is 0.817. The molecule has 26 heavy (non-hydrogen) atoms. The number of anilines is 1. The van der Waals surface area contributed by atoms with Crippen LogP contribution in [0, 0.1) is 5.92 Å². The lowest BCUT2D eigenvalue weighted by molar-refractivity contribution is -0.137. The second-order valence-corrected chi connectivity index (χ2v) is 7.33. The number of benzene rings is 1. The van der Waals surface area contributed by atoms with Crippen LogP contribution in [0.15, 0.2) is 48.7 Å². The Bertz CT molecular complexity index is 747. The number of hydrogen-bond donors (Lipinski definition) is 0. The average molecular weight is 361 g/mol. The minimum absolute atomic E-state index is 0.216. The van der Waals surface area contributed by atoms with E-state index in [1.165, 1.54) is 17.8 Å². The molecule has 0 aliphatic carbocycles. The van der Waals surface area contributed by atoms with Gasteiger partial charge in [0.1, 0.15) is 5.82 Å². The standard InChI is InChI=1S/C20H22F3N3/c21-20(22,23)17-8-9-24-19(10-17)26-13-16-6-7-18(26)14-25(12-16)11-15-4-2-1-3-5-15/h1-5,8-10,16,18H,6-7,11-14H2. The van der Waals surface area contributed by atoms with Gasteiger partial charge in [-0.05, 0) is 36.5 Å². The van der Waals surface area contributed by atoms with Gasteiger partial charge in [-0.25, -0.2) is 4.98 Å². The van der Waals surface area contributed by atoms with Crippen molar-refractivity contribution in [3.63, 3.8) is 0 Å². The second-order valence-electron chi connectivity index (χ2n) is 7.33. The van der Waals surface area contributed by atoms with E-state index in [9.17, 15) is 13.2 Å². The van der Waals surface area contributed by atoms with Crippen LogP contribution >= 0.6 is 0 Å². The van der Waals surface area contributed by atoms with Crippen LogP contribution in [0.1, 0.15) is 24.0 Å². The number of rotatable bonds is 3. The molecule has 0 saturated carbocycles. The SMILES string of the molecule is FC(F)(F)c1ccnc(N2CC3CCC2CN(Cc2ccccc2)C3)c1. The summed E-state index contributed by atoms with van der Waals surface area (Å²) in [5.41, 5.74) is 0.654. The molecule has 3 nitrogen and oxygen atoms in total. The van der Waals surface area contributed by atoms with Gasteiger partial charge >= 0.3 is 6.18 Å². The van der Waals surface area contributed by atoms with Gasteiger partial charge in [-0.2, -0.15) is 13.2 Å². The van der Waals surface area contributed by atoms with Crippen molar-refractivity contribution in [1.82, 2.24) is 9.88 Å². The Morgan fingerprint density at radius 2 is 1.81 bits per heavy atom. The molecule has 2 bridgehead atoms. The molecule has 2 unspecified atom stereocenters. The molecule has 2 aromatic rings. The first-order chi connectivity index (χ1) is 12.5. The number of hydrogen-bond acceptors (Lipinski definition) is 3. The number of aromatic nitrogens is 1. The fourth-order valence-electron chi connectivity index (χ4n) is 4.18. The predicted molar refractivity (Wildman–Crippen MR) is 94.8 cm³/mol. The van der Waals surface area contributed by atoms with E-state index in [-0.39, 0.29) is 6.04 Å². The fraction of sp³-hybridized carbons (Fsp3) is 0.450. The summed E-state index contributed by atoms with van der Waals surface area (Å²) in [6.45, 7) is 3.52. The third-order valence-corrected chi connectivity index (χ3v) is 5.41. The molecule has 0 amide bonds. The lowest BCUT2D eigenvalue weighted by Crippen LogP contribution is -2.44. The van der Waals surface area contributed by atoms with E-state index < -0.39 is 11.7 Å². The van der Waals surface area contributed by atoms with Crippen LogP contribution < -0.4 is 4.90 Å². The maximum Gasteiger partial charge on any atom is 0.416 e. The molecular formula is C20H22F3N3. The molecule has 1 aromatic carbocycles. The molecule has 0 radical (unpaired) electrons. The lowest BCUT2D eigenvalue weighted by Gasteiger charge is -2.37. The topological polar surface area (TPSA) is 19.4 Å². The highest BCUT2D eigenvalue weighted by Crippen LogP contribution is 2.35. The van der Waals surface area contributed by atoms with Crippen molar-refractivity contribution in [3.8, 4) is 0 Å². The zero-order valence-corrected chi connectivity index (χ0v) is 14.5. The van der Waals surface area contributed by atoms with Gasteiger partial charge in [0, 0.05) is 38.4 Å². The van der Waals surface area contributed by atoms with E-state index in [0.29, 0.717) is 11.7 Å². The summed E-state index contributed by atoms with van der Waals surface area (Å²) < 4.78 is 39.2. The number of fused-ring (bicyclic) bond motifs is 4. The Morgan fingerprint density at radius 1 is 1.00 bits per heavy atom. The maximum atomic E-state index is 13.1. The number of nitrogens with zero attached hydrogens (tertiary/aromatic N) is 3. The molecule has 3 saturated heterocycles. The largest absolute Gasteiger partial charge is 0.416 e. The van der Waals surface area contributed by atoms with Crippen LogP contribution in [-0.2, 0) is 12.7 Å². The van der Waals surface area contributed by atoms with Crippen LogP contribution in [0.25, 0.3) is 0 Å². The molecule has 3 aliphatic rings. The Balaban J connectivity index is 1.54. The average Bonchev–Trinajstić information content (AvgIpc) is 2.92. The summed E-state index contributed by atoms with van der Waals surface area (Å²) >= 11 is 0. The molecule has 3 aliphatic heterocycles. The van der Waals surface area contributed by atoms with Gasteiger partial charge in [-0.1, -0.05) is 30.3 Å². The summed E-state index contributed by atoms with van der Waals surface area (Å²) in [5, 5.41) is 0. The van der Waals surface area contributed by atoms with Crippen molar-refractivity contribution in [2.24, 2.45) is 5.92 Å². The number of pyridine rings is 1. The zero-order valence-electron chi connectivity index (χ0n) is 14.5. The highest BCUT2D eigenvalue weighted by atomic mass is 19.4. The third-order valence-electron chi connectivity index (χ3n) is 5.41. The monoisotopic (exact) mass is 361 g/mol. The van der Waals surface area contributed by atoms with E-state index in [1.54, 1.807) is 0 Å². The van der Waals surface area contributed by atoms with E-state index in [0.717, 1.165) is 45.1 Å². The Morgan fingerprint density at radius 3 is 2.58 bits per heavy atom. The molecular weight excluding hydrogens is 339 g/mol. The summed E-state index contributed by atoms with van der Waals surface area (Å²) in [5.74, 6) is 0.921. The van der Waals surface area contributed by atoms with Gasteiger partial charge in [-0.15, -0.1) is 0 Å². The van der Waals surface area contributed by atoms with E-state index in [1.807, 2.05) is 18.2 Å². The number of piperidine rings is 1. The Labute approximate surface area is 151 Å². The lowest BCUT2D eigenvalue weighted by atomic mass is 9.95. The van der Waals surface area contributed by atoms with Crippen LogP contribution in [0.5, 0.6) is 0 Å². The highest BCUT2D eigenvalue weighted by molar-refractivity contribution is 5.44. The first-order valence-electron chi connectivity index (χ1n) is 9.05. The van der Waals surface area contributed by atoms with Crippen molar-refractivity contribution < 1.29 is 13.2 Å². The fourth-order valence-corrected chi connectivity index (χ4v) is 4.18. The van der Waals surface area contributed by atoms with Gasteiger partial charge in [0.2, 0.25) is 0 Å². The Hall–Kier alpha value is -2.08. The Kier molecular flexibility index (Phi) is 4.61.